The summed E-state index contributed by atoms with van der Waals surface area (Å²) in [7, 11) is 1.58. The van der Waals surface area contributed by atoms with E-state index in [2.05, 4.69) is 11.4 Å². The molecule has 0 radical (unpaired) electrons. The number of carbonyl (C=O) groups excluding carboxylic acids is 1. The van der Waals surface area contributed by atoms with E-state index in [1.807, 2.05) is 4.90 Å². The van der Waals surface area contributed by atoms with E-state index in [-0.39, 0.29) is 5.91 Å². The molecule has 0 spiro atoms. The molecule has 1 fully saturated rings. The van der Waals surface area contributed by atoms with Crippen LogP contribution >= 0.6 is 11.6 Å². The third-order valence-electron chi connectivity index (χ3n) is 3.09. The number of halogens is 1. The highest BCUT2D eigenvalue weighted by atomic mass is 35.5. The first-order chi connectivity index (χ1) is 9.19. The van der Waals surface area contributed by atoms with Crippen molar-refractivity contribution in [1.82, 2.24) is 5.32 Å². The van der Waals surface area contributed by atoms with Gasteiger partial charge in [0.15, 0.2) is 0 Å². The Morgan fingerprint density at radius 3 is 3.11 bits per heavy atom. The van der Waals surface area contributed by atoms with Gasteiger partial charge in [-0.25, -0.2) is 0 Å². The third kappa shape index (κ3) is 2.65. The largest absolute Gasteiger partial charge is 0.377 e. The Kier molecular flexibility index (Phi) is 4.25. The van der Waals surface area contributed by atoms with E-state index >= 15 is 0 Å². The van der Waals surface area contributed by atoms with Crippen molar-refractivity contribution in [1.29, 1.82) is 5.26 Å². The van der Waals surface area contributed by atoms with Crippen molar-refractivity contribution in [3.8, 4) is 6.07 Å². The molecule has 5 nitrogen and oxygen atoms in total. The molecular formula is C13H14ClN3O2. The van der Waals surface area contributed by atoms with E-state index in [0.29, 0.717) is 36.0 Å². The lowest BCUT2D eigenvalue weighted by Gasteiger charge is -2.36. The summed E-state index contributed by atoms with van der Waals surface area (Å²) in [5, 5.41) is 12.2. The molecule has 0 aliphatic carbocycles. The van der Waals surface area contributed by atoms with E-state index in [4.69, 9.17) is 16.3 Å². The molecule has 1 heterocycles. The lowest BCUT2D eigenvalue weighted by molar-refractivity contribution is -0.124. The molecule has 1 amide bonds. The van der Waals surface area contributed by atoms with E-state index in [1.54, 1.807) is 25.2 Å². The number of morpholine rings is 1. The summed E-state index contributed by atoms with van der Waals surface area (Å²) < 4.78 is 5.34. The highest BCUT2D eigenvalue weighted by Gasteiger charge is 2.30. The van der Waals surface area contributed by atoms with Crippen LogP contribution in [-0.4, -0.2) is 38.8 Å². The van der Waals surface area contributed by atoms with Crippen LogP contribution in [0.15, 0.2) is 18.2 Å². The van der Waals surface area contributed by atoms with Crippen molar-refractivity contribution in [3.63, 3.8) is 0 Å². The van der Waals surface area contributed by atoms with Gasteiger partial charge in [-0.05, 0) is 12.1 Å². The van der Waals surface area contributed by atoms with E-state index in [1.165, 1.54) is 0 Å². The van der Waals surface area contributed by atoms with E-state index < -0.39 is 6.04 Å². The van der Waals surface area contributed by atoms with Gasteiger partial charge in [-0.2, -0.15) is 5.26 Å². The molecule has 0 aromatic heterocycles. The summed E-state index contributed by atoms with van der Waals surface area (Å²) >= 11 is 6.03. The van der Waals surface area contributed by atoms with Gasteiger partial charge in [0.1, 0.15) is 12.1 Å². The number of benzene rings is 1. The van der Waals surface area contributed by atoms with Crippen LogP contribution in [0, 0.1) is 11.3 Å². The predicted molar refractivity (Wildman–Crippen MR) is 72.2 cm³/mol. The summed E-state index contributed by atoms with van der Waals surface area (Å²) in [5.41, 5.74) is 1.06. The second-order valence-electron chi connectivity index (χ2n) is 4.14. The molecule has 100 valence electrons. The Morgan fingerprint density at radius 2 is 2.42 bits per heavy atom. The molecule has 1 aliphatic rings. The van der Waals surface area contributed by atoms with Gasteiger partial charge in [-0.3, -0.25) is 4.79 Å². The predicted octanol–water partition coefficient (Wildman–Crippen LogP) is 1.16. The molecule has 0 saturated carbocycles. The molecule has 1 N–H and O–H groups in total. The third-order valence-corrected chi connectivity index (χ3v) is 3.41. The zero-order chi connectivity index (χ0) is 13.8. The van der Waals surface area contributed by atoms with Gasteiger partial charge in [-0.15, -0.1) is 0 Å². The summed E-state index contributed by atoms with van der Waals surface area (Å²) in [6, 6.07) is 6.89. The van der Waals surface area contributed by atoms with Gasteiger partial charge in [0.25, 0.3) is 0 Å². The maximum Gasteiger partial charge on any atom is 0.244 e. The molecular weight excluding hydrogens is 266 g/mol. The fraction of sp³-hybridized carbons (Fsp3) is 0.385. The maximum atomic E-state index is 11.9. The molecule has 1 aliphatic heterocycles. The minimum Gasteiger partial charge on any atom is -0.377 e. The zero-order valence-corrected chi connectivity index (χ0v) is 11.3. The van der Waals surface area contributed by atoms with E-state index in [9.17, 15) is 10.1 Å². The van der Waals surface area contributed by atoms with Crippen molar-refractivity contribution >= 4 is 23.2 Å². The van der Waals surface area contributed by atoms with Crippen LogP contribution in [0.1, 0.15) is 5.56 Å². The average Bonchev–Trinajstić information content (AvgIpc) is 2.46. The second kappa shape index (κ2) is 5.91. The molecule has 2 rings (SSSR count). The minimum atomic E-state index is -0.440. The van der Waals surface area contributed by atoms with Gasteiger partial charge in [0.2, 0.25) is 5.91 Å². The number of hydrogen-bond acceptors (Lipinski definition) is 4. The zero-order valence-electron chi connectivity index (χ0n) is 10.5. The fourth-order valence-corrected chi connectivity index (χ4v) is 2.35. The molecule has 1 aromatic rings. The number of likely N-dealkylation sites (N-methyl/N-ethyl adjacent to an activating group) is 1. The number of amides is 1. The number of nitrogens with zero attached hydrogens (tertiary/aromatic N) is 2. The first kappa shape index (κ1) is 13.7. The number of rotatable bonds is 2. The lowest BCUT2D eigenvalue weighted by Crippen LogP contribution is -2.53. The van der Waals surface area contributed by atoms with Gasteiger partial charge in [0.05, 0.1) is 29.5 Å². The van der Waals surface area contributed by atoms with Crippen molar-refractivity contribution in [2.24, 2.45) is 0 Å². The van der Waals surface area contributed by atoms with Crippen LogP contribution in [0.3, 0.4) is 0 Å². The van der Waals surface area contributed by atoms with Gasteiger partial charge in [0, 0.05) is 13.6 Å². The highest BCUT2D eigenvalue weighted by Crippen LogP contribution is 2.29. The van der Waals surface area contributed by atoms with Gasteiger partial charge >= 0.3 is 0 Å². The van der Waals surface area contributed by atoms with Crippen LogP contribution in [0.5, 0.6) is 0 Å². The van der Waals surface area contributed by atoms with Crippen LogP contribution in [0.4, 0.5) is 5.69 Å². The first-order valence-electron chi connectivity index (χ1n) is 5.93. The number of hydrogen-bond donors (Lipinski definition) is 1. The van der Waals surface area contributed by atoms with Crippen molar-refractivity contribution < 1.29 is 9.53 Å². The molecule has 1 saturated heterocycles. The molecule has 0 bridgehead atoms. The monoisotopic (exact) mass is 279 g/mol. The SMILES string of the molecule is CNC(=O)C1COCCN1c1cccc(Cl)c1C#N. The van der Waals surface area contributed by atoms with E-state index in [0.717, 1.165) is 0 Å². The quantitative estimate of drug-likeness (QED) is 0.882. The topological polar surface area (TPSA) is 65.4 Å². The first-order valence-corrected chi connectivity index (χ1v) is 6.31. The smallest absolute Gasteiger partial charge is 0.244 e. The fourth-order valence-electron chi connectivity index (χ4n) is 2.14. The molecule has 6 heteroatoms. The Labute approximate surface area is 116 Å². The summed E-state index contributed by atoms with van der Waals surface area (Å²) in [6.07, 6.45) is 0. The second-order valence-corrected chi connectivity index (χ2v) is 4.55. The Bertz CT molecular complexity index is 527. The highest BCUT2D eigenvalue weighted by molar-refractivity contribution is 6.32. The lowest BCUT2D eigenvalue weighted by atomic mass is 10.1. The molecule has 19 heavy (non-hydrogen) atoms. The Morgan fingerprint density at radius 1 is 1.63 bits per heavy atom. The number of ether oxygens (including phenoxy) is 1. The number of anilines is 1. The standard InChI is InChI=1S/C13H14ClN3O2/c1-16-13(18)12-8-19-6-5-17(12)11-4-2-3-10(14)9(11)7-15/h2-4,12H,5-6,8H2,1H3,(H,16,18). The van der Waals surface area contributed by atoms with Crippen molar-refractivity contribution in [3.05, 3.63) is 28.8 Å². The number of carbonyl (C=O) groups is 1. The molecule has 1 atom stereocenters. The summed E-state index contributed by atoms with van der Waals surface area (Å²) in [4.78, 5) is 13.8. The van der Waals surface area contributed by atoms with Crippen molar-refractivity contribution in [2.45, 2.75) is 6.04 Å². The molecule has 1 unspecified atom stereocenters. The van der Waals surface area contributed by atoms with Crippen LogP contribution in [0.25, 0.3) is 0 Å². The van der Waals surface area contributed by atoms with Crippen LogP contribution in [0.2, 0.25) is 5.02 Å². The van der Waals surface area contributed by atoms with Gasteiger partial charge in [-0.1, -0.05) is 17.7 Å². The maximum absolute atomic E-state index is 11.9. The van der Waals surface area contributed by atoms with Crippen LogP contribution in [-0.2, 0) is 9.53 Å². The summed E-state index contributed by atoms with van der Waals surface area (Å²) in [6.45, 7) is 1.37. The number of nitriles is 1. The Hall–Kier alpha value is -1.77. The van der Waals surface area contributed by atoms with Gasteiger partial charge < -0.3 is 15.0 Å². The average molecular weight is 280 g/mol. The summed E-state index contributed by atoms with van der Waals surface area (Å²) in [5.74, 6) is -0.136. The minimum absolute atomic E-state index is 0.136. The molecule has 1 aromatic carbocycles. The van der Waals surface area contributed by atoms with Crippen LogP contribution < -0.4 is 10.2 Å². The van der Waals surface area contributed by atoms with Crippen molar-refractivity contribution in [2.75, 3.05) is 31.7 Å². The Balaban J connectivity index is 2.41. The normalized spacial score (nSPS) is 18.8. The number of nitrogens with one attached hydrogen (secondary N) is 1.